The Hall–Kier alpha value is -0.880. The highest BCUT2D eigenvalue weighted by Crippen LogP contribution is 2.16. The van der Waals surface area contributed by atoms with E-state index in [1.807, 2.05) is 18.2 Å². The molecule has 0 aliphatic carbocycles. The van der Waals surface area contributed by atoms with E-state index < -0.39 is 0 Å². The van der Waals surface area contributed by atoms with Gasteiger partial charge < -0.3 is 14.4 Å². The zero-order valence-corrected chi connectivity index (χ0v) is 13.7. The van der Waals surface area contributed by atoms with Gasteiger partial charge in [-0.3, -0.25) is 4.90 Å². The number of aromatic nitrogens is 1. The van der Waals surface area contributed by atoms with E-state index >= 15 is 0 Å². The van der Waals surface area contributed by atoms with Gasteiger partial charge in [0.2, 0.25) is 0 Å². The minimum Gasteiger partial charge on any atom is -0.377 e. The maximum atomic E-state index is 5.96. The van der Waals surface area contributed by atoms with Gasteiger partial charge in [0.05, 0.1) is 19.3 Å². The van der Waals surface area contributed by atoms with Gasteiger partial charge in [0.25, 0.3) is 0 Å². The van der Waals surface area contributed by atoms with Crippen LogP contribution in [0.2, 0.25) is 5.15 Å². The number of piperazine rings is 1. The summed E-state index contributed by atoms with van der Waals surface area (Å²) in [6.45, 7) is 7.46. The Kier molecular flexibility index (Phi) is 5.89. The quantitative estimate of drug-likeness (QED) is 0.591. The van der Waals surface area contributed by atoms with E-state index in [9.17, 15) is 0 Å². The van der Waals surface area contributed by atoms with Gasteiger partial charge in [0.1, 0.15) is 11.0 Å². The lowest BCUT2D eigenvalue weighted by Crippen LogP contribution is -2.47. The second-order valence-electron chi connectivity index (χ2n) is 5.86. The van der Waals surface area contributed by atoms with Gasteiger partial charge in [-0.2, -0.15) is 0 Å². The lowest BCUT2D eigenvalue weighted by molar-refractivity contribution is 0.0101. The molecular weight excluding hydrogens is 302 g/mol. The first-order valence-electron chi connectivity index (χ1n) is 8.10. The Morgan fingerprint density at radius 2 is 2.14 bits per heavy atom. The van der Waals surface area contributed by atoms with Gasteiger partial charge in [-0.1, -0.05) is 17.7 Å². The summed E-state index contributed by atoms with van der Waals surface area (Å²) in [6.07, 6.45) is 2.64. The summed E-state index contributed by atoms with van der Waals surface area (Å²) in [7, 11) is 0. The summed E-state index contributed by atoms with van der Waals surface area (Å²) in [6, 6.07) is 5.79. The van der Waals surface area contributed by atoms with Crippen LogP contribution in [0.1, 0.15) is 12.8 Å². The molecule has 0 saturated carbocycles. The van der Waals surface area contributed by atoms with E-state index in [0.29, 0.717) is 11.3 Å². The van der Waals surface area contributed by atoms with Crippen molar-refractivity contribution in [3.8, 4) is 0 Å². The van der Waals surface area contributed by atoms with E-state index in [0.717, 1.165) is 64.8 Å². The molecule has 1 unspecified atom stereocenters. The number of pyridine rings is 1. The highest BCUT2D eigenvalue weighted by Gasteiger charge is 2.19. The molecule has 0 amide bonds. The predicted molar refractivity (Wildman–Crippen MR) is 87.7 cm³/mol. The lowest BCUT2D eigenvalue weighted by Gasteiger charge is -2.35. The molecule has 2 saturated heterocycles. The van der Waals surface area contributed by atoms with Crippen LogP contribution in [-0.4, -0.2) is 68.5 Å². The van der Waals surface area contributed by atoms with Crippen molar-refractivity contribution >= 4 is 17.4 Å². The molecule has 22 heavy (non-hydrogen) atoms. The smallest absolute Gasteiger partial charge is 0.131 e. The number of rotatable bonds is 6. The van der Waals surface area contributed by atoms with E-state index in [1.165, 1.54) is 6.42 Å². The van der Waals surface area contributed by atoms with Gasteiger partial charge in [-0.05, 0) is 25.0 Å². The zero-order chi connectivity index (χ0) is 15.2. The molecule has 1 atom stereocenters. The normalized spacial score (nSPS) is 23.1. The number of ether oxygens (including phenoxy) is 2. The van der Waals surface area contributed by atoms with Crippen molar-refractivity contribution in [1.29, 1.82) is 0 Å². The third kappa shape index (κ3) is 4.56. The van der Waals surface area contributed by atoms with E-state index in [-0.39, 0.29) is 0 Å². The number of anilines is 1. The molecular formula is C16H24ClN3O2. The number of halogens is 1. The molecule has 0 spiro atoms. The van der Waals surface area contributed by atoms with Crippen molar-refractivity contribution in [2.45, 2.75) is 18.9 Å². The van der Waals surface area contributed by atoms with Crippen molar-refractivity contribution in [3.63, 3.8) is 0 Å². The molecule has 1 aromatic rings. The second-order valence-corrected chi connectivity index (χ2v) is 6.24. The van der Waals surface area contributed by atoms with Crippen LogP contribution in [0.5, 0.6) is 0 Å². The van der Waals surface area contributed by atoms with Crippen LogP contribution in [0.15, 0.2) is 18.2 Å². The minimum absolute atomic E-state index is 0.325. The van der Waals surface area contributed by atoms with Crippen LogP contribution < -0.4 is 4.90 Å². The molecule has 2 fully saturated rings. The molecule has 1 aromatic heterocycles. The fourth-order valence-electron chi connectivity index (χ4n) is 2.96. The number of nitrogens with zero attached hydrogens (tertiary/aromatic N) is 3. The summed E-state index contributed by atoms with van der Waals surface area (Å²) < 4.78 is 11.3. The molecule has 0 bridgehead atoms. The van der Waals surface area contributed by atoms with Gasteiger partial charge in [0.15, 0.2) is 0 Å². The van der Waals surface area contributed by atoms with E-state index in [4.69, 9.17) is 21.1 Å². The van der Waals surface area contributed by atoms with Crippen LogP contribution in [0.25, 0.3) is 0 Å². The van der Waals surface area contributed by atoms with Crippen molar-refractivity contribution in [3.05, 3.63) is 23.4 Å². The van der Waals surface area contributed by atoms with Crippen LogP contribution in [-0.2, 0) is 9.47 Å². The SMILES string of the molecule is Clc1cccc(N2CCN(CCOCC3CCCO3)CC2)n1. The average Bonchev–Trinajstić information content (AvgIpc) is 3.06. The first kappa shape index (κ1) is 16.0. The average molecular weight is 326 g/mol. The van der Waals surface area contributed by atoms with Crippen molar-refractivity contribution in [2.75, 3.05) is 57.4 Å². The van der Waals surface area contributed by atoms with Gasteiger partial charge >= 0.3 is 0 Å². The fraction of sp³-hybridized carbons (Fsp3) is 0.688. The standard InChI is InChI=1S/C16H24ClN3O2/c17-15-4-1-5-16(18-15)20-8-6-19(7-9-20)10-12-21-13-14-3-2-11-22-14/h1,4-5,14H,2-3,6-13H2. The maximum Gasteiger partial charge on any atom is 0.131 e. The summed E-state index contributed by atoms with van der Waals surface area (Å²) in [4.78, 5) is 9.10. The van der Waals surface area contributed by atoms with E-state index in [2.05, 4.69) is 14.8 Å². The molecule has 3 heterocycles. The second kappa shape index (κ2) is 8.11. The fourth-order valence-corrected chi connectivity index (χ4v) is 3.12. The Labute approximate surface area is 137 Å². The number of hydrogen-bond acceptors (Lipinski definition) is 5. The highest BCUT2D eigenvalue weighted by molar-refractivity contribution is 6.29. The Morgan fingerprint density at radius 1 is 1.27 bits per heavy atom. The molecule has 6 heteroatoms. The first-order valence-corrected chi connectivity index (χ1v) is 8.48. The van der Waals surface area contributed by atoms with E-state index in [1.54, 1.807) is 0 Å². The van der Waals surface area contributed by atoms with Crippen LogP contribution in [0.4, 0.5) is 5.82 Å². The zero-order valence-electron chi connectivity index (χ0n) is 12.9. The molecule has 2 aliphatic heterocycles. The third-order valence-electron chi connectivity index (χ3n) is 4.28. The third-order valence-corrected chi connectivity index (χ3v) is 4.49. The molecule has 0 radical (unpaired) electrons. The lowest BCUT2D eigenvalue weighted by atomic mass is 10.2. The van der Waals surface area contributed by atoms with Gasteiger partial charge in [-0.25, -0.2) is 4.98 Å². The Bertz CT molecular complexity index is 460. The molecule has 5 nitrogen and oxygen atoms in total. The molecule has 2 aliphatic rings. The monoisotopic (exact) mass is 325 g/mol. The largest absolute Gasteiger partial charge is 0.377 e. The summed E-state index contributed by atoms with van der Waals surface area (Å²) >= 11 is 5.96. The van der Waals surface area contributed by atoms with Gasteiger partial charge in [-0.15, -0.1) is 0 Å². The van der Waals surface area contributed by atoms with Crippen molar-refractivity contribution < 1.29 is 9.47 Å². The summed E-state index contributed by atoms with van der Waals surface area (Å²) in [5.41, 5.74) is 0. The van der Waals surface area contributed by atoms with Crippen LogP contribution in [0, 0.1) is 0 Å². The van der Waals surface area contributed by atoms with Crippen molar-refractivity contribution in [2.24, 2.45) is 0 Å². The molecule has 122 valence electrons. The van der Waals surface area contributed by atoms with Gasteiger partial charge in [0, 0.05) is 39.3 Å². The predicted octanol–water partition coefficient (Wildman–Crippen LogP) is 2.05. The highest BCUT2D eigenvalue weighted by atomic mass is 35.5. The first-order chi connectivity index (χ1) is 10.8. The molecule has 0 aromatic carbocycles. The minimum atomic E-state index is 0.325. The van der Waals surface area contributed by atoms with Crippen molar-refractivity contribution in [1.82, 2.24) is 9.88 Å². The Morgan fingerprint density at radius 3 is 2.86 bits per heavy atom. The summed E-state index contributed by atoms with van der Waals surface area (Å²) in [5, 5.41) is 0.558. The topological polar surface area (TPSA) is 37.8 Å². The summed E-state index contributed by atoms with van der Waals surface area (Å²) in [5.74, 6) is 0.974. The Balaban J connectivity index is 1.33. The van der Waals surface area contributed by atoms with Crippen LogP contribution >= 0.6 is 11.6 Å². The molecule has 0 N–H and O–H groups in total. The number of hydrogen-bond donors (Lipinski definition) is 0. The molecule has 3 rings (SSSR count). The maximum absolute atomic E-state index is 5.96. The van der Waals surface area contributed by atoms with Crippen LogP contribution in [0.3, 0.4) is 0 Å².